The molecule has 0 atom stereocenters. The Morgan fingerprint density at radius 2 is 1.89 bits per heavy atom. The Labute approximate surface area is 161 Å². The predicted octanol–water partition coefficient (Wildman–Crippen LogP) is 1.64. The smallest absolute Gasteiger partial charge is 0.312 e. The lowest BCUT2D eigenvalue weighted by Gasteiger charge is -2.29. The topological polar surface area (TPSA) is 82.1 Å². The van der Waals surface area contributed by atoms with Crippen molar-refractivity contribution in [3.63, 3.8) is 0 Å². The van der Waals surface area contributed by atoms with Crippen molar-refractivity contribution in [1.82, 2.24) is 18.7 Å². The molecule has 3 aromatic rings. The monoisotopic (exact) mass is 381 g/mol. The molecular formula is C20H23N5O3. The minimum atomic E-state index is -0.527. The highest BCUT2D eigenvalue weighted by atomic mass is 16.2. The van der Waals surface area contributed by atoms with E-state index in [9.17, 15) is 14.4 Å². The lowest BCUT2D eigenvalue weighted by molar-refractivity contribution is -0.117. The van der Waals surface area contributed by atoms with Crippen molar-refractivity contribution in [2.24, 2.45) is 7.05 Å². The summed E-state index contributed by atoms with van der Waals surface area (Å²) in [6.07, 6.45) is 0.848. The van der Waals surface area contributed by atoms with Crippen LogP contribution in [0.5, 0.6) is 0 Å². The Balaban J connectivity index is 1.98. The highest BCUT2D eigenvalue weighted by Crippen LogP contribution is 2.31. The van der Waals surface area contributed by atoms with E-state index in [4.69, 9.17) is 0 Å². The quantitative estimate of drug-likeness (QED) is 0.689. The summed E-state index contributed by atoms with van der Waals surface area (Å²) >= 11 is 0. The number of aryl methyl sites for hydroxylation is 4. The number of nitrogens with zero attached hydrogens (tertiary/aromatic N) is 5. The summed E-state index contributed by atoms with van der Waals surface area (Å²) in [5.74, 6) is 0.408. The number of hydrogen-bond donors (Lipinski definition) is 0. The molecule has 28 heavy (non-hydrogen) atoms. The number of fused-ring (bicyclic) bond motifs is 3. The van der Waals surface area contributed by atoms with E-state index in [1.807, 2.05) is 10.6 Å². The van der Waals surface area contributed by atoms with Crippen LogP contribution in [0.15, 0.2) is 27.8 Å². The minimum absolute atomic E-state index is 0.233. The fourth-order valence-electron chi connectivity index (χ4n) is 3.77. The van der Waals surface area contributed by atoms with Crippen LogP contribution in [0.2, 0.25) is 0 Å². The first-order chi connectivity index (χ1) is 13.3. The highest BCUT2D eigenvalue weighted by Gasteiger charge is 2.27. The summed E-state index contributed by atoms with van der Waals surface area (Å²) in [7, 11) is 1.58. The van der Waals surface area contributed by atoms with Gasteiger partial charge in [-0.2, -0.15) is 4.98 Å². The fraction of sp³-hybridized carbons (Fsp3) is 0.400. The van der Waals surface area contributed by atoms with Gasteiger partial charge in [0.25, 0.3) is 5.56 Å². The second-order valence-electron chi connectivity index (χ2n) is 7.44. The first-order valence-electron chi connectivity index (χ1n) is 9.34. The van der Waals surface area contributed by atoms with Gasteiger partial charge in [0.15, 0.2) is 11.2 Å². The average molecular weight is 381 g/mol. The third-order valence-electron chi connectivity index (χ3n) is 5.40. The van der Waals surface area contributed by atoms with E-state index in [2.05, 4.69) is 35.9 Å². The van der Waals surface area contributed by atoms with Gasteiger partial charge >= 0.3 is 5.69 Å². The zero-order valence-corrected chi connectivity index (χ0v) is 16.5. The van der Waals surface area contributed by atoms with Gasteiger partial charge in [0, 0.05) is 25.8 Å². The molecule has 0 unspecified atom stereocenters. The number of benzene rings is 1. The van der Waals surface area contributed by atoms with Crippen LogP contribution in [0.1, 0.15) is 24.5 Å². The molecule has 0 saturated heterocycles. The van der Waals surface area contributed by atoms with Gasteiger partial charge in [-0.25, -0.2) is 4.79 Å². The first-order valence-corrected chi connectivity index (χ1v) is 9.34. The van der Waals surface area contributed by atoms with Crippen molar-refractivity contribution in [2.75, 3.05) is 11.4 Å². The maximum Gasteiger partial charge on any atom is 0.332 e. The molecule has 0 bridgehead atoms. The predicted molar refractivity (Wildman–Crippen MR) is 107 cm³/mol. The van der Waals surface area contributed by atoms with Gasteiger partial charge in [0.2, 0.25) is 5.95 Å². The third-order valence-corrected chi connectivity index (χ3v) is 5.40. The molecule has 0 aliphatic carbocycles. The molecule has 146 valence electrons. The molecule has 0 N–H and O–H groups in total. The maximum absolute atomic E-state index is 13.0. The fourth-order valence-corrected chi connectivity index (χ4v) is 3.77. The van der Waals surface area contributed by atoms with E-state index >= 15 is 0 Å². The Morgan fingerprint density at radius 1 is 1.14 bits per heavy atom. The maximum atomic E-state index is 13.0. The number of aromatic nitrogens is 4. The number of anilines is 2. The van der Waals surface area contributed by atoms with Crippen molar-refractivity contribution in [3.8, 4) is 0 Å². The SMILES string of the molecule is CC(=O)Cn1c(=O)c2c(nc3n2CCCN3c2ccc(C)c(C)c2)n(C)c1=O. The van der Waals surface area contributed by atoms with Crippen molar-refractivity contribution in [1.29, 1.82) is 0 Å². The van der Waals surface area contributed by atoms with Gasteiger partial charge in [-0.05, 0) is 50.5 Å². The van der Waals surface area contributed by atoms with Gasteiger partial charge in [0.1, 0.15) is 5.78 Å². The van der Waals surface area contributed by atoms with Crippen LogP contribution in [0, 0.1) is 13.8 Å². The van der Waals surface area contributed by atoms with Crippen LogP contribution in [0.3, 0.4) is 0 Å². The molecule has 0 spiro atoms. The zero-order chi connectivity index (χ0) is 20.2. The minimum Gasteiger partial charge on any atom is -0.312 e. The normalized spacial score (nSPS) is 13.8. The van der Waals surface area contributed by atoms with E-state index < -0.39 is 11.2 Å². The van der Waals surface area contributed by atoms with Crippen molar-refractivity contribution < 1.29 is 4.79 Å². The third kappa shape index (κ3) is 2.67. The second-order valence-corrected chi connectivity index (χ2v) is 7.44. The van der Waals surface area contributed by atoms with Crippen molar-refractivity contribution >= 4 is 28.6 Å². The van der Waals surface area contributed by atoms with Gasteiger partial charge in [-0.1, -0.05) is 6.07 Å². The molecule has 3 heterocycles. The van der Waals surface area contributed by atoms with Crippen LogP contribution in [-0.4, -0.2) is 31.0 Å². The molecule has 1 aliphatic rings. The number of rotatable bonds is 3. The van der Waals surface area contributed by atoms with Crippen LogP contribution >= 0.6 is 0 Å². The Morgan fingerprint density at radius 3 is 2.57 bits per heavy atom. The van der Waals surface area contributed by atoms with Crippen LogP contribution in [0.4, 0.5) is 11.6 Å². The highest BCUT2D eigenvalue weighted by molar-refractivity contribution is 5.78. The van der Waals surface area contributed by atoms with Crippen LogP contribution in [-0.2, 0) is 24.9 Å². The second kappa shape index (κ2) is 6.47. The lowest BCUT2D eigenvalue weighted by Crippen LogP contribution is -2.41. The van der Waals surface area contributed by atoms with E-state index in [-0.39, 0.29) is 12.3 Å². The molecule has 4 rings (SSSR count). The van der Waals surface area contributed by atoms with Gasteiger partial charge in [-0.3, -0.25) is 18.7 Å². The van der Waals surface area contributed by atoms with Gasteiger partial charge in [0.05, 0.1) is 6.54 Å². The van der Waals surface area contributed by atoms with E-state index in [0.29, 0.717) is 23.7 Å². The lowest BCUT2D eigenvalue weighted by atomic mass is 10.1. The van der Waals surface area contributed by atoms with Crippen LogP contribution in [0.25, 0.3) is 11.2 Å². The Bertz CT molecular complexity index is 1230. The van der Waals surface area contributed by atoms with E-state index in [1.165, 1.54) is 22.6 Å². The number of ketones is 1. The number of carbonyl (C=O) groups excluding carboxylic acids is 1. The molecule has 0 radical (unpaired) electrons. The zero-order valence-electron chi connectivity index (χ0n) is 16.5. The van der Waals surface area contributed by atoms with Crippen LogP contribution < -0.4 is 16.1 Å². The Kier molecular flexibility index (Phi) is 4.21. The number of Topliss-reactive ketones (excluding diaryl/α,β-unsaturated/α-hetero) is 1. The molecule has 8 heteroatoms. The summed E-state index contributed by atoms with van der Waals surface area (Å²) in [4.78, 5) is 43.9. The average Bonchev–Trinajstić information content (AvgIpc) is 3.05. The van der Waals surface area contributed by atoms with Crippen molar-refractivity contribution in [2.45, 2.75) is 40.3 Å². The summed E-state index contributed by atoms with van der Waals surface area (Å²) in [5.41, 5.74) is 3.13. The van der Waals surface area contributed by atoms with Gasteiger partial charge < -0.3 is 9.47 Å². The number of carbonyl (C=O) groups is 1. The molecule has 0 fully saturated rings. The molecule has 8 nitrogen and oxygen atoms in total. The molecule has 1 aliphatic heterocycles. The summed E-state index contributed by atoms with van der Waals surface area (Å²) in [6, 6.07) is 6.23. The summed E-state index contributed by atoms with van der Waals surface area (Å²) in [6.45, 7) is 6.68. The first kappa shape index (κ1) is 18.2. The largest absolute Gasteiger partial charge is 0.332 e. The number of imidazole rings is 1. The molecule has 1 aromatic carbocycles. The summed E-state index contributed by atoms with van der Waals surface area (Å²) in [5, 5.41) is 0. The van der Waals surface area contributed by atoms with E-state index in [1.54, 1.807) is 7.05 Å². The standard InChI is InChI=1S/C20H23N5O3/c1-12-6-7-15(10-13(12)2)23-8-5-9-24-16-17(21-19(23)24)22(4)20(28)25(18(16)27)11-14(3)26/h6-7,10H,5,8-9,11H2,1-4H3. The molecule has 0 saturated carbocycles. The number of hydrogen-bond acceptors (Lipinski definition) is 5. The van der Waals surface area contributed by atoms with Crippen molar-refractivity contribution in [3.05, 3.63) is 50.2 Å². The van der Waals surface area contributed by atoms with E-state index in [0.717, 1.165) is 23.2 Å². The molecular weight excluding hydrogens is 358 g/mol. The molecule has 0 amide bonds. The molecule has 2 aromatic heterocycles. The van der Waals surface area contributed by atoms with Gasteiger partial charge in [-0.15, -0.1) is 0 Å². The summed E-state index contributed by atoms with van der Waals surface area (Å²) < 4.78 is 4.21. The Hall–Kier alpha value is -3.16.